The van der Waals surface area contributed by atoms with Crippen molar-refractivity contribution in [1.29, 1.82) is 0 Å². The number of aromatic nitrogens is 1. The van der Waals surface area contributed by atoms with Crippen molar-refractivity contribution in [3.05, 3.63) is 66.0 Å². The third kappa shape index (κ3) is 5.19. The Morgan fingerprint density at radius 3 is 2.27 bits per heavy atom. The predicted molar refractivity (Wildman–Crippen MR) is 90.8 cm³/mol. The number of ether oxygens (including phenoxy) is 1. The van der Waals surface area contributed by atoms with E-state index in [2.05, 4.69) is 25.8 Å². The number of carbonyl (C=O) groups is 1. The van der Waals surface area contributed by atoms with Crippen LogP contribution < -0.4 is 0 Å². The molecule has 1 atom stereocenters. The van der Waals surface area contributed by atoms with E-state index in [1.165, 1.54) is 0 Å². The third-order valence-corrected chi connectivity index (χ3v) is 4.23. The van der Waals surface area contributed by atoms with Crippen LogP contribution >= 0.6 is 11.8 Å². The van der Waals surface area contributed by atoms with Gasteiger partial charge >= 0.3 is 5.97 Å². The highest BCUT2D eigenvalue weighted by atomic mass is 32.2. The number of hydrogen-bond donors (Lipinski definition) is 0. The number of pyridine rings is 1. The van der Waals surface area contributed by atoms with Gasteiger partial charge in [-0.1, -0.05) is 51.1 Å². The molecule has 2 rings (SSSR count). The van der Waals surface area contributed by atoms with Crippen molar-refractivity contribution in [2.75, 3.05) is 5.75 Å². The summed E-state index contributed by atoms with van der Waals surface area (Å²) in [5, 5.41) is 0. The van der Waals surface area contributed by atoms with Crippen molar-refractivity contribution in [2.45, 2.75) is 31.6 Å². The number of hydrogen-bond acceptors (Lipinski definition) is 4. The number of rotatable bonds is 5. The van der Waals surface area contributed by atoms with Crippen LogP contribution in [-0.4, -0.2) is 21.5 Å². The van der Waals surface area contributed by atoms with Gasteiger partial charge in [-0.25, -0.2) is 0 Å². The largest absolute Gasteiger partial charge is 0.452 e. The molecular weight excluding hydrogens is 294 g/mol. The molecule has 0 bridgehead atoms. The molecule has 3 nitrogen and oxygen atoms in total. The van der Waals surface area contributed by atoms with Crippen molar-refractivity contribution in [3.63, 3.8) is 0 Å². The number of benzene rings is 1. The van der Waals surface area contributed by atoms with Crippen molar-refractivity contribution >= 4 is 17.7 Å². The van der Waals surface area contributed by atoms with Crippen LogP contribution in [0.3, 0.4) is 0 Å². The zero-order valence-corrected chi connectivity index (χ0v) is 14.0. The van der Waals surface area contributed by atoms with Gasteiger partial charge in [0.2, 0.25) is 0 Å². The Hall–Kier alpha value is -1.81. The fourth-order valence-electron chi connectivity index (χ4n) is 1.94. The molecule has 2 aromatic rings. The molecule has 4 heteroatoms. The lowest BCUT2D eigenvalue weighted by molar-refractivity contribution is -0.144. The Morgan fingerprint density at radius 2 is 1.68 bits per heavy atom. The second-order valence-electron chi connectivity index (χ2n) is 5.96. The molecular formula is C18H21NO2S. The molecule has 22 heavy (non-hydrogen) atoms. The number of thioether (sulfide) groups is 1. The molecule has 0 saturated carbocycles. The molecule has 0 aliphatic carbocycles. The summed E-state index contributed by atoms with van der Waals surface area (Å²) in [6.07, 6.45) is 3.03. The second-order valence-corrected chi connectivity index (χ2v) is 7.76. The highest BCUT2D eigenvalue weighted by molar-refractivity contribution is 8.01. The van der Waals surface area contributed by atoms with Gasteiger partial charge in [-0.15, -0.1) is 11.8 Å². The van der Waals surface area contributed by atoms with E-state index in [9.17, 15) is 4.79 Å². The lowest BCUT2D eigenvalue weighted by Crippen LogP contribution is -2.18. The summed E-state index contributed by atoms with van der Waals surface area (Å²) < 4.78 is 5.77. The van der Waals surface area contributed by atoms with Crippen LogP contribution in [0.4, 0.5) is 0 Å². The quantitative estimate of drug-likeness (QED) is 0.773. The van der Waals surface area contributed by atoms with E-state index in [1.807, 2.05) is 42.5 Å². The van der Waals surface area contributed by atoms with Gasteiger partial charge in [0.05, 0.1) is 5.75 Å². The standard InChI is InChI=1S/C18H21NO2S/c1-18(2,3)22-13-16(20)21-17(14-7-5-4-6-8-14)15-9-11-19-12-10-15/h4-12,17H,13H2,1-3H3. The van der Waals surface area contributed by atoms with E-state index >= 15 is 0 Å². The van der Waals surface area contributed by atoms with Crippen LogP contribution in [0.2, 0.25) is 0 Å². The minimum absolute atomic E-state index is 0.0396. The van der Waals surface area contributed by atoms with Gasteiger partial charge in [0, 0.05) is 22.7 Å². The Balaban J connectivity index is 2.14. The van der Waals surface area contributed by atoms with Crippen molar-refractivity contribution in [1.82, 2.24) is 4.98 Å². The first-order chi connectivity index (χ1) is 10.5. The Bertz CT molecular complexity index is 554. The molecule has 0 saturated heterocycles. The number of nitrogens with zero attached hydrogens (tertiary/aromatic N) is 1. The maximum Gasteiger partial charge on any atom is 0.316 e. The van der Waals surface area contributed by atoms with Crippen LogP contribution in [0.15, 0.2) is 54.9 Å². The molecule has 1 heterocycles. The highest BCUT2D eigenvalue weighted by Gasteiger charge is 2.20. The minimum atomic E-state index is -0.391. The molecule has 0 aliphatic heterocycles. The summed E-state index contributed by atoms with van der Waals surface area (Å²) in [5.74, 6) is 0.142. The van der Waals surface area contributed by atoms with Crippen molar-refractivity contribution < 1.29 is 9.53 Å². The van der Waals surface area contributed by atoms with Gasteiger partial charge in [0.15, 0.2) is 6.10 Å². The van der Waals surface area contributed by atoms with E-state index in [4.69, 9.17) is 4.74 Å². The zero-order valence-electron chi connectivity index (χ0n) is 13.2. The topological polar surface area (TPSA) is 39.2 Å². The molecule has 0 N–H and O–H groups in total. The highest BCUT2D eigenvalue weighted by Crippen LogP contribution is 2.28. The smallest absolute Gasteiger partial charge is 0.316 e. The number of esters is 1. The van der Waals surface area contributed by atoms with Crippen molar-refractivity contribution in [3.8, 4) is 0 Å². The fraction of sp³-hybridized carbons (Fsp3) is 0.333. The lowest BCUT2D eigenvalue weighted by Gasteiger charge is -2.21. The van der Waals surface area contributed by atoms with Gasteiger partial charge in [-0.05, 0) is 17.7 Å². The van der Waals surface area contributed by atoms with Crippen LogP contribution in [0.1, 0.15) is 38.0 Å². The first-order valence-electron chi connectivity index (χ1n) is 7.24. The van der Waals surface area contributed by atoms with Gasteiger partial charge in [-0.2, -0.15) is 0 Å². The summed E-state index contributed by atoms with van der Waals surface area (Å²) in [5.41, 5.74) is 1.89. The van der Waals surface area contributed by atoms with E-state index in [-0.39, 0.29) is 10.7 Å². The lowest BCUT2D eigenvalue weighted by atomic mass is 10.0. The van der Waals surface area contributed by atoms with E-state index in [0.717, 1.165) is 11.1 Å². The van der Waals surface area contributed by atoms with Gasteiger partial charge in [0.1, 0.15) is 0 Å². The minimum Gasteiger partial charge on any atom is -0.452 e. The maximum atomic E-state index is 12.2. The monoisotopic (exact) mass is 315 g/mol. The summed E-state index contributed by atoms with van der Waals surface area (Å²) in [4.78, 5) is 16.2. The van der Waals surface area contributed by atoms with Gasteiger partial charge in [0.25, 0.3) is 0 Å². The molecule has 116 valence electrons. The second kappa shape index (κ2) is 7.45. The van der Waals surface area contributed by atoms with Crippen LogP contribution in [0.25, 0.3) is 0 Å². The Labute approximate surface area is 136 Å². The van der Waals surface area contributed by atoms with Gasteiger partial charge in [-0.3, -0.25) is 9.78 Å². The molecule has 0 radical (unpaired) electrons. The first-order valence-corrected chi connectivity index (χ1v) is 8.22. The molecule has 0 amide bonds. The molecule has 1 unspecified atom stereocenters. The zero-order chi connectivity index (χ0) is 16.0. The molecule has 1 aromatic heterocycles. The van der Waals surface area contributed by atoms with Gasteiger partial charge < -0.3 is 4.74 Å². The summed E-state index contributed by atoms with van der Waals surface area (Å²) in [7, 11) is 0. The molecule has 0 spiro atoms. The van der Waals surface area contributed by atoms with Crippen LogP contribution in [0, 0.1) is 0 Å². The van der Waals surface area contributed by atoms with Crippen molar-refractivity contribution in [2.24, 2.45) is 0 Å². The van der Waals surface area contributed by atoms with Crippen LogP contribution in [-0.2, 0) is 9.53 Å². The number of carbonyl (C=O) groups excluding carboxylic acids is 1. The first kappa shape index (κ1) is 16.6. The summed E-state index contributed by atoms with van der Waals surface area (Å²) >= 11 is 1.59. The Morgan fingerprint density at radius 1 is 1.09 bits per heavy atom. The normalized spacial score (nSPS) is 12.7. The molecule has 0 aliphatic rings. The fourth-order valence-corrected chi connectivity index (χ4v) is 2.55. The van der Waals surface area contributed by atoms with E-state index in [0.29, 0.717) is 5.75 Å². The van der Waals surface area contributed by atoms with E-state index < -0.39 is 6.10 Å². The maximum absolute atomic E-state index is 12.2. The third-order valence-electron chi connectivity index (χ3n) is 2.98. The SMILES string of the molecule is CC(C)(C)SCC(=O)OC(c1ccccc1)c1ccncc1. The average molecular weight is 315 g/mol. The molecule has 1 aromatic carbocycles. The average Bonchev–Trinajstić information content (AvgIpc) is 2.52. The summed E-state index contributed by atoms with van der Waals surface area (Å²) in [6, 6.07) is 13.5. The summed E-state index contributed by atoms with van der Waals surface area (Å²) in [6.45, 7) is 6.26. The predicted octanol–water partition coefficient (Wildman–Crippen LogP) is 4.25. The Kier molecular flexibility index (Phi) is 5.61. The molecule has 0 fully saturated rings. The van der Waals surface area contributed by atoms with E-state index in [1.54, 1.807) is 24.2 Å². The van der Waals surface area contributed by atoms with Crippen LogP contribution in [0.5, 0.6) is 0 Å².